The van der Waals surface area contributed by atoms with Crippen LogP contribution < -0.4 is 25.3 Å². The minimum Gasteiger partial charge on any atom is -0.497 e. The van der Waals surface area contributed by atoms with Crippen LogP contribution in [0.4, 0.5) is 10.1 Å². The average Bonchev–Trinajstić information content (AvgIpc) is 2.83. The summed E-state index contributed by atoms with van der Waals surface area (Å²) in [5, 5.41) is 0. The highest BCUT2D eigenvalue weighted by Crippen LogP contribution is 2.35. The zero-order valence-corrected chi connectivity index (χ0v) is 20.1. The number of benzene rings is 3. The molecule has 0 amide bonds. The summed E-state index contributed by atoms with van der Waals surface area (Å²) < 4.78 is 56.1. The van der Waals surface area contributed by atoms with Gasteiger partial charge in [0.05, 0.1) is 28.7 Å². The fraction of sp³-hybridized carbons (Fsp3) is 0.167. The van der Waals surface area contributed by atoms with E-state index in [1.165, 1.54) is 45.5 Å². The average molecular weight is 500 g/mol. The van der Waals surface area contributed by atoms with Crippen LogP contribution in [0.25, 0.3) is 11.0 Å². The fourth-order valence-electron chi connectivity index (χ4n) is 3.60. The van der Waals surface area contributed by atoms with Crippen molar-refractivity contribution in [1.29, 1.82) is 0 Å². The Morgan fingerprint density at radius 2 is 1.43 bits per heavy atom. The number of rotatable bonds is 6. The van der Waals surface area contributed by atoms with Crippen LogP contribution in [0, 0.1) is 12.7 Å². The Kier molecular flexibility index (Phi) is 6.12. The second-order valence-electron chi connectivity index (χ2n) is 7.86. The largest absolute Gasteiger partial charge is 0.497 e. The number of aromatic nitrogens is 2. The minimum absolute atomic E-state index is 0.00868. The number of anilines is 1. The standard InChI is InChI=1S/C24H22FN3O6S/c1-14-5-6-15(25)11-22(14)35(31,32)26-18-12-19-20(28(3)24(30)23(29)27(19)2)13-21(18)34-17-9-7-16(33-4)8-10-17/h5-13,26H,1-4H3. The summed E-state index contributed by atoms with van der Waals surface area (Å²) >= 11 is 0. The Labute approximate surface area is 200 Å². The lowest BCUT2D eigenvalue weighted by atomic mass is 10.2. The summed E-state index contributed by atoms with van der Waals surface area (Å²) in [6, 6.07) is 12.9. The number of fused-ring (bicyclic) bond motifs is 1. The summed E-state index contributed by atoms with van der Waals surface area (Å²) in [4.78, 5) is 24.4. The van der Waals surface area contributed by atoms with Crippen molar-refractivity contribution in [2.24, 2.45) is 14.1 Å². The van der Waals surface area contributed by atoms with Crippen LogP contribution >= 0.6 is 0 Å². The molecule has 4 rings (SSSR count). The van der Waals surface area contributed by atoms with Crippen molar-refractivity contribution < 1.29 is 22.3 Å². The number of aryl methyl sites for hydroxylation is 3. The molecule has 0 aliphatic carbocycles. The third kappa shape index (κ3) is 4.50. The molecule has 35 heavy (non-hydrogen) atoms. The molecule has 1 N–H and O–H groups in total. The van der Waals surface area contributed by atoms with Gasteiger partial charge in [-0.25, -0.2) is 12.8 Å². The molecule has 0 aliphatic rings. The van der Waals surface area contributed by atoms with Gasteiger partial charge in [-0.2, -0.15) is 0 Å². The van der Waals surface area contributed by atoms with Gasteiger partial charge in [0, 0.05) is 20.2 Å². The Bertz CT molecular complexity index is 1680. The summed E-state index contributed by atoms with van der Waals surface area (Å²) in [5.41, 5.74) is -0.575. The van der Waals surface area contributed by atoms with E-state index in [9.17, 15) is 22.4 Å². The smallest absolute Gasteiger partial charge is 0.316 e. The van der Waals surface area contributed by atoms with E-state index >= 15 is 0 Å². The van der Waals surface area contributed by atoms with Crippen molar-refractivity contribution in [3.05, 3.63) is 86.7 Å². The molecule has 0 saturated carbocycles. The van der Waals surface area contributed by atoms with Crippen LogP contribution in [-0.2, 0) is 24.1 Å². The molecule has 1 aromatic heterocycles. The van der Waals surface area contributed by atoms with Crippen LogP contribution in [0.15, 0.2) is 69.1 Å². The lowest BCUT2D eigenvalue weighted by Crippen LogP contribution is -2.39. The molecule has 0 radical (unpaired) electrons. The number of nitrogens with one attached hydrogen (secondary N) is 1. The van der Waals surface area contributed by atoms with E-state index in [4.69, 9.17) is 9.47 Å². The first-order valence-corrected chi connectivity index (χ1v) is 11.8. The quantitative estimate of drug-likeness (QED) is 0.408. The second kappa shape index (κ2) is 8.91. The highest BCUT2D eigenvalue weighted by molar-refractivity contribution is 7.92. The fourth-order valence-corrected chi connectivity index (χ4v) is 4.92. The number of nitrogens with zero attached hydrogens (tertiary/aromatic N) is 2. The molecule has 0 bridgehead atoms. The van der Waals surface area contributed by atoms with E-state index in [-0.39, 0.29) is 21.8 Å². The lowest BCUT2D eigenvalue weighted by molar-refractivity contribution is 0.413. The van der Waals surface area contributed by atoms with Gasteiger partial charge in [-0.15, -0.1) is 0 Å². The monoisotopic (exact) mass is 499 g/mol. The molecule has 0 aliphatic heterocycles. The molecule has 0 spiro atoms. The van der Waals surface area contributed by atoms with E-state index in [1.54, 1.807) is 31.2 Å². The van der Waals surface area contributed by atoms with Gasteiger partial charge in [0.15, 0.2) is 5.75 Å². The van der Waals surface area contributed by atoms with E-state index in [2.05, 4.69) is 4.72 Å². The highest BCUT2D eigenvalue weighted by atomic mass is 32.2. The molecule has 0 fully saturated rings. The summed E-state index contributed by atoms with van der Waals surface area (Å²) in [5.74, 6) is 0.314. The topological polar surface area (TPSA) is 109 Å². The number of ether oxygens (including phenoxy) is 2. The van der Waals surface area contributed by atoms with Crippen molar-refractivity contribution in [3.63, 3.8) is 0 Å². The van der Waals surface area contributed by atoms with Crippen molar-refractivity contribution in [3.8, 4) is 17.2 Å². The van der Waals surface area contributed by atoms with Gasteiger partial charge in [0.1, 0.15) is 17.3 Å². The van der Waals surface area contributed by atoms with Gasteiger partial charge in [-0.1, -0.05) is 6.07 Å². The molecule has 3 aromatic carbocycles. The molecule has 0 saturated heterocycles. The van der Waals surface area contributed by atoms with E-state index in [0.29, 0.717) is 22.6 Å². The first kappa shape index (κ1) is 24.0. The first-order chi connectivity index (χ1) is 16.5. The number of hydrogen-bond donors (Lipinski definition) is 1. The Hall–Kier alpha value is -4.12. The summed E-state index contributed by atoms with van der Waals surface area (Å²) in [6.45, 7) is 1.54. The zero-order chi connectivity index (χ0) is 25.5. The number of methoxy groups -OCH3 is 1. The molecular weight excluding hydrogens is 477 g/mol. The van der Waals surface area contributed by atoms with Crippen LogP contribution in [0.2, 0.25) is 0 Å². The SMILES string of the molecule is COc1ccc(Oc2cc3c(cc2NS(=O)(=O)c2cc(F)ccc2C)n(C)c(=O)c(=O)n3C)cc1. The predicted octanol–water partition coefficient (Wildman–Crippen LogP) is 3.29. The third-order valence-electron chi connectivity index (χ3n) is 5.56. The maximum Gasteiger partial charge on any atom is 0.316 e. The summed E-state index contributed by atoms with van der Waals surface area (Å²) in [7, 11) is 0.113. The van der Waals surface area contributed by atoms with Crippen molar-refractivity contribution >= 4 is 26.7 Å². The molecule has 1 heterocycles. The predicted molar refractivity (Wildman–Crippen MR) is 129 cm³/mol. The Morgan fingerprint density at radius 3 is 2.03 bits per heavy atom. The third-order valence-corrected chi connectivity index (χ3v) is 7.07. The lowest BCUT2D eigenvalue weighted by Gasteiger charge is -2.18. The van der Waals surface area contributed by atoms with Gasteiger partial charge in [-0.05, 0) is 55.0 Å². The van der Waals surface area contributed by atoms with Gasteiger partial charge in [-0.3, -0.25) is 14.3 Å². The number of halogens is 1. The van der Waals surface area contributed by atoms with Gasteiger partial charge < -0.3 is 18.6 Å². The molecule has 182 valence electrons. The Balaban J connectivity index is 1.92. The Morgan fingerprint density at radius 1 is 0.857 bits per heavy atom. The highest BCUT2D eigenvalue weighted by Gasteiger charge is 2.22. The van der Waals surface area contributed by atoms with Crippen LogP contribution in [0.5, 0.6) is 17.2 Å². The van der Waals surface area contributed by atoms with Gasteiger partial charge in [0.25, 0.3) is 10.0 Å². The van der Waals surface area contributed by atoms with E-state index in [0.717, 1.165) is 15.2 Å². The second-order valence-corrected chi connectivity index (χ2v) is 9.51. The molecular formula is C24H22FN3O6S. The van der Waals surface area contributed by atoms with Crippen molar-refractivity contribution in [1.82, 2.24) is 9.13 Å². The van der Waals surface area contributed by atoms with Gasteiger partial charge in [0.2, 0.25) is 0 Å². The van der Waals surface area contributed by atoms with Crippen LogP contribution in [0.3, 0.4) is 0 Å². The number of sulfonamides is 1. The molecule has 0 atom stereocenters. The molecule has 9 nitrogen and oxygen atoms in total. The summed E-state index contributed by atoms with van der Waals surface area (Å²) in [6.07, 6.45) is 0. The van der Waals surface area contributed by atoms with Crippen LogP contribution in [0.1, 0.15) is 5.56 Å². The van der Waals surface area contributed by atoms with E-state index in [1.807, 2.05) is 0 Å². The normalized spacial score (nSPS) is 11.5. The molecule has 11 heteroatoms. The zero-order valence-electron chi connectivity index (χ0n) is 19.3. The van der Waals surface area contributed by atoms with E-state index < -0.39 is 27.0 Å². The van der Waals surface area contributed by atoms with Gasteiger partial charge >= 0.3 is 11.1 Å². The number of hydrogen-bond acceptors (Lipinski definition) is 6. The maximum absolute atomic E-state index is 13.8. The maximum atomic E-state index is 13.8. The van der Waals surface area contributed by atoms with Crippen molar-refractivity contribution in [2.75, 3.05) is 11.8 Å². The molecule has 4 aromatic rings. The minimum atomic E-state index is -4.25. The molecule has 0 unspecified atom stereocenters. The first-order valence-electron chi connectivity index (χ1n) is 10.4. The van der Waals surface area contributed by atoms with Crippen molar-refractivity contribution in [2.45, 2.75) is 11.8 Å². The van der Waals surface area contributed by atoms with Crippen LogP contribution in [-0.4, -0.2) is 24.7 Å².